The summed E-state index contributed by atoms with van der Waals surface area (Å²) in [6, 6.07) is 13.1. The zero-order valence-electron chi connectivity index (χ0n) is 18.7. The zero-order chi connectivity index (χ0) is 22.5. The standard InChI is InChI=1S/C26H32FN3O2/c1-30(15-3-6-23-17-24(29-28-23)19-9-11-22(27)12-10-19)26(32)14-13-25(31)21-8-7-18-4-2-5-20(18)16-21/h7-12,16,23-24,28-29H,2-6,13-15,17H2,1H3. The number of Topliss-reactive ketones (excluding diaryl/α,β-unsaturated/α-hetero) is 1. The first-order chi connectivity index (χ1) is 15.5. The van der Waals surface area contributed by atoms with Crippen LogP contribution in [0.2, 0.25) is 0 Å². The molecule has 0 spiro atoms. The van der Waals surface area contributed by atoms with Crippen LogP contribution in [-0.4, -0.2) is 36.2 Å². The molecule has 1 amide bonds. The number of carbonyl (C=O) groups is 2. The van der Waals surface area contributed by atoms with Crippen molar-refractivity contribution in [2.75, 3.05) is 13.6 Å². The second-order valence-electron chi connectivity index (χ2n) is 9.04. The van der Waals surface area contributed by atoms with Crippen LogP contribution >= 0.6 is 0 Å². The predicted molar refractivity (Wildman–Crippen MR) is 123 cm³/mol. The number of ketones is 1. The van der Waals surface area contributed by atoms with Crippen LogP contribution in [-0.2, 0) is 17.6 Å². The lowest BCUT2D eigenvalue weighted by Crippen LogP contribution is -2.32. The summed E-state index contributed by atoms with van der Waals surface area (Å²) in [7, 11) is 1.81. The number of carbonyl (C=O) groups excluding carboxylic acids is 2. The Hall–Kier alpha value is -2.57. The highest BCUT2D eigenvalue weighted by atomic mass is 19.1. The van der Waals surface area contributed by atoms with E-state index < -0.39 is 0 Å². The van der Waals surface area contributed by atoms with Crippen molar-refractivity contribution in [3.05, 3.63) is 70.5 Å². The van der Waals surface area contributed by atoms with Crippen LogP contribution in [0.4, 0.5) is 4.39 Å². The zero-order valence-corrected chi connectivity index (χ0v) is 18.7. The van der Waals surface area contributed by atoms with Crippen LogP contribution in [0, 0.1) is 5.82 Å². The van der Waals surface area contributed by atoms with Crippen molar-refractivity contribution < 1.29 is 14.0 Å². The minimum Gasteiger partial charge on any atom is -0.346 e. The number of nitrogens with zero attached hydrogens (tertiary/aromatic N) is 1. The summed E-state index contributed by atoms with van der Waals surface area (Å²) in [6.45, 7) is 0.672. The number of hydrogen-bond acceptors (Lipinski definition) is 4. The topological polar surface area (TPSA) is 61.4 Å². The number of rotatable bonds is 9. The summed E-state index contributed by atoms with van der Waals surface area (Å²) in [5, 5.41) is 0. The van der Waals surface area contributed by atoms with Gasteiger partial charge in [-0.25, -0.2) is 4.39 Å². The van der Waals surface area contributed by atoms with Gasteiger partial charge < -0.3 is 4.90 Å². The number of benzene rings is 2. The predicted octanol–water partition coefficient (Wildman–Crippen LogP) is 4.12. The molecule has 1 fully saturated rings. The van der Waals surface area contributed by atoms with Gasteiger partial charge in [0.05, 0.1) is 0 Å². The molecule has 2 unspecified atom stereocenters. The maximum atomic E-state index is 13.1. The molecule has 32 heavy (non-hydrogen) atoms. The molecule has 1 saturated heterocycles. The monoisotopic (exact) mass is 437 g/mol. The summed E-state index contributed by atoms with van der Waals surface area (Å²) >= 11 is 0. The number of halogens is 1. The molecule has 2 atom stereocenters. The van der Waals surface area contributed by atoms with Gasteiger partial charge in [-0.15, -0.1) is 0 Å². The van der Waals surface area contributed by atoms with Crippen LogP contribution < -0.4 is 10.9 Å². The second-order valence-corrected chi connectivity index (χ2v) is 9.04. The molecule has 4 rings (SSSR count). The van der Waals surface area contributed by atoms with E-state index in [4.69, 9.17) is 0 Å². The molecule has 2 aromatic carbocycles. The van der Waals surface area contributed by atoms with E-state index in [0.717, 1.165) is 49.7 Å². The van der Waals surface area contributed by atoms with E-state index in [0.29, 0.717) is 12.6 Å². The van der Waals surface area contributed by atoms with E-state index >= 15 is 0 Å². The van der Waals surface area contributed by atoms with Gasteiger partial charge in [0, 0.05) is 44.1 Å². The van der Waals surface area contributed by atoms with Crippen molar-refractivity contribution in [1.29, 1.82) is 0 Å². The molecule has 170 valence electrons. The van der Waals surface area contributed by atoms with Gasteiger partial charge in [-0.3, -0.25) is 20.4 Å². The van der Waals surface area contributed by atoms with Crippen LogP contribution in [0.1, 0.15) is 71.6 Å². The van der Waals surface area contributed by atoms with Crippen molar-refractivity contribution in [2.45, 2.75) is 63.5 Å². The second kappa shape index (κ2) is 10.4. The Balaban J connectivity index is 1.15. The van der Waals surface area contributed by atoms with Crippen LogP contribution in [0.3, 0.4) is 0 Å². The van der Waals surface area contributed by atoms with Crippen molar-refractivity contribution in [3.63, 3.8) is 0 Å². The molecule has 1 aliphatic heterocycles. The number of amides is 1. The van der Waals surface area contributed by atoms with E-state index in [-0.39, 0.29) is 36.4 Å². The van der Waals surface area contributed by atoms with Gasteiger partial charge in [-0.2, -0.15) is 0 Å². The van der Waals surface area contributed by atoms with Gasteiger partial charge in [-0.05, 0) is 73.4 Å². The Morgan fingerprint density at radius 3 is 2.62 bits per heavy atom. The fourth-order valence-corrected chi connectivity index (χ4v) is 4.73. The van der Waals surface area contributed by atoms with E-state index in [2.05, 4.69) is 16.9 Å². The number of aryl methyl sites for hydroxylation is 2. The van der Waals surface area contributed by atoms with Crippen LogP contribution in [0.5, 0.6) is 0 Å². The number of hydrazine groups is 1. The molecule has 1 aliphatic carbocycles. The first kappa shape index (κ1) is 22.6. The molecule has 2 aromatic rings. The maximum Gasteiger partial charge on any atom is 0.222 e. The Morgan fingerprint density at radius 1 is 1.03 bits per heavy atom. The lowest BCUT2D eigenvalue weighted by Gasteiger charge is -2.18. The van der Waals surface area contributed by atoms with Gasteiger partial charge in [0.25, 0.3) is 0 Å². The average Bonchev–Trinajstić information content (AvgIpc) is 3.46. The largest absolute Gasteiger partial charge is 0.346 e. The molecular weight excluding hydrogens is 405 g/mol. The molecule has 0 saturated carbocycles. The normalized spacial score (nSPS) is 19.7. The molecule has 0 aromatic heterocycles. The molecule has 1 heterocycles. The van der Waals surface area contributed by atoms with E-state index in [1.165, 1.54) is 23.3 Å². The summed E-state index contributed by atoms with van der Waals surface area (Å²) < 4.78 is 13.1. The summed E-state index contributed by atoms with van der Waals surface area (Å²) in [5.41, 5.74) is 11.0. The minimum absolute atomic E-state index is 0.0150. The average molecular weight is 438 g/mol. The quantitative estimate of drug-likeness (QED) is 0.580. The highest BCUT2D eigenvalue weighted by molar-refractivity contribution is 5.98. The van der Waals surface area contributed by atoms with Crippen molar-refractivity contribution in [3.8, 4) is 0 Å². The smallest absolute Gasteiger partial charge is 0.222 e. The summed E-state index contributed by atoms with van der Waals surface area (Å²) in [4.78, 5) is 26.7. The van der Waals surface area contributed by atoms with E-state index in [9.17, 15) is 14.0 Å². The number of fused-ring (bicyclic) bond motifs is 1. The molecular formula is C26H32FN3O2. The van der Waals surface area contributed by atoms with Crippen molar-refractivity contribution in [1.82, 2.24) is 15.8 Å². The highest BCUT2D eigenvalue weighted by Crippen LogP contribution is 2.25. The summed E-state index contributed by atoms with van der Waals surface area (Å²) in [6.07, 6.45) is 6.58. The van der Waals surface area contributed by atoms with E-state index in [1.54, 1.807) is 4.90 Å². The van der Waals surface area contributed by atoms with Gasteiger partial charge in [0.2, 0.25) is 5.91 Å². The Bertz CT molecular complexity index is 960. The lowest BCUT2D eigenvalue weighted by atomic mass is 9.99. The number of nitrogens with one attached hydrogen (secondary N) is 2. The van der Waals surface area contributed by atoms with Gasteiger partial charge in [0.1, 0.15) is 5.82 Å². The maximum absolute atomic E-state index is 13.1. The molecule has 0 bridgehead atoms. The first-order valence-electron chi connectivity index (χ1n) is 11.6. The van der Waals surface area contributed by atoms with E-state index in [1.807, 2.05) is 31.3 Å². The molecule has 6 heteroatoms. The summed E-state index contributed by atoms with van der Waals surface area (Å²) in [5.74, 6) is -0.159. The van der Waals surface area contributed by atoms with Gasteiger partial charge >= 0.3 is 0 Å². The number of hydrogen-bond donors (Lipinski definition) is 2. The van der Waals surface area contributed by atoms with Gasteiger partial charge in [0.15, 0.2) is 5.78 Å². The fraction of sp³-hybridized carbons (Fsp3) is 0.462. The lowest BCUT2D eigenvalue weighted by molar-refractivity contribution is -0.129. The molecule has 2 aliphatic rings. The van der Waals surface area contributed by atoms with Gasteiger partial charge in [-0.1, -0.05) is 24.3 Å². The van der Waals surface area contributed by atoms with Crippen LogP contribution in [0.15, 0.2) is 42.5 Å². The third-order valence-electron chi connectivity index (χ3n) is 6.71. The van der Waals surface area contributed by atoms with Crippen LogP contribution in [0.25, 0.3) is 0 Å². The Morgan fingerprint density at radius 2 is 1.81 bits per heavy atom. The fourth-order valence-electron chi connectivity index (χ4n) is 4.73. The first-order valence-corrected chi connectivity index (χ1v) is 11.6. The third kappa shape index (κ3) is 5.61. The molecule has 0 radical (unpaired) electrons. The van der Waals surface area contributed by atoms with Crippen molar-refractivity contribution in [2.24, 2.45) is 0 Å². The third-order valence-corrected chi connectivity index (χ3v) is 6.71. The Kier molecular flexibility index (Phi) is 7.33. The molecule has 5 nitrogen and oxygen atoms in total. The van der Waals surface area contributed by atoms with Crippen molar-refractivity contribution >= 4 is 11.7 Å². The Labute approximate surface area is 189 Å². The minimum atomic E-state index is -0.224. The SMILES string of the molecule is CN(CCCC1CC(c2ccc(F)cc2)NN1)C(=O)CCC(=O)c1ccc2c(c1)CCC2. The molecule has 2 N–H and O–H groups in total. The highest BCUT2D eigenvalue weighted by Gasteiger charge is 2.25.